The van der Waals surface area contributed by atoms with E-state index in [1.807, 2.05) is 19.1 Å². The number of rotatable bonds is 5. The summed E-state index contributed by atoms with van der Waals surface area (Å²) in [4.78, 5) is 12.3. The van der Waals surface area contributed by atoms with E-state index in [1.165, 1.54) is 11.1 Å². The van der Waals surface area contributed by atoms with Crippen LogP contribution in [0.4, 0.5) is 11.4 Å². The molecule has 3 nitrogen and oxygen atoms in total. The minimum Gasteiger partial charge on any atom is -0.376 e. The summed E-state index contributed by atoms with van der Waals surface area (Å²) < 4.78 is 0. The van der Waals surface area contributed by atoms with Gasteiger partial charge in [0.1, 0.15) is 0 Å². The molecule has 0 saturated heterocycles. The number of carbonyl (C=O) groups is 1. The van der Waals surface area contributed by atoms with Gasteiger partial charge in [0.05, 0.1) is 16.8 Å². The van der Waals surface area contributed by atoms with Crippen molar-refractivity contribution < 1.29 is 4.79 Å². The Labute approximate surface area is 178 Å². The molecule has 0 aromatic heterocycles. The monoisotopic (exact) mass is 408 g/mol. The van der Waals surface area contributed by atoms with Crippen LogP contribution >= 0.6 is 11.6 Å². The third kappa shape index (κ3) is 3.81. The standard InChI is InChI=1S/C25H29ClN2O/c1-4-6-22(29)27-21-14-13-20(26)25-23(21)18-7-5-8-19(18)24(28-25)17-11-9-16(10-12-17)15(2)3/h5,7,9-15,18-19,24,28H,4,6,8H2,1-3H3,(H,27,29). The zero-order valence-electron chi connectivity index (χ0n) is 17.3. The number of carbonyl (C=O) groups excluding carboxylic acids is 1. The van der Waals surface area contributed by atoms with Crippen molar-refractivity contribution >= 4 is 28.9 Å². The lowest BCUT2D eigenvalue weighted by atomic mass is 9.76. The first-order valence-corrected chi connectivity index (χ1v) is 11.0. The topological polar surface area (TPSA) is 41.1 Å². The van der Waals surface area contributed by atoms with E-state index in [2.05, 4.69) is 60.9 Å². The van der Waals surface area contributed by atoms with E-state index in [0.29, 0.717) is 23.3 Å². The number of benzene rings is 2. The quantitative estimate of drug-likeness (QED) is 0.521. The Balaban J connectivity index is 1.72. The van der Waals surface area contributed by atoms with Crippen molar-refractivity contribution in [2.24, 2.45) is 5.92 Å². The maximum Gasteiger partial charge on any atom is 0.224 e. The van der Waals surface area contributed by atoms with E-state index in [1.54, 1.807) is 0 Å². The predicted octanol–water partition coefficient (Wildman–Crippen LogP) is 7.03. The first kappa shape index (κ1) is 20.0. The molecule has 2 aliphatic rings. The lowest BCUT2D eigenvalue weighted by Crippen LogP contribution is -2.30. The molecule has 0 fully saturated rings. The van der Waals surface area contributed by atoms with Gasteiger partial charge in [0.2, 0.25) is 5.91 Å². The molecule has 2 N–H and O–H groups in total. The molecule has 2 aromatic carbocycles. The van der Waals surface area contributed by atoms with Crippen molar-refractivity contribution in [1.82, 2.24) is 0 Å². The number of amides is 1. The number of hydrogen-bond donors (Lipinski definition) is 2. The second-order valence-electron chi connectivity index (χ2n) is 8.48. The fourth-order valence-corrected chi connectivity index (χ4v) is 4.86. The zero-order chi connectivity index (χ0) is 20.5. The van der Waals surface area contributed by atoms with Crippen LogP contribution in [0, 0.1) is 5.92 Å². The molecule has 1 heterocycles. The smallest absolute Gasteiger partial charge is 0.224 e. The van der Waals surface area contributed by atoms with Crippen molar-refractivity contribution in [3.8, 4) is 0 Å². The first-order chi connectivity index (χ1) is 14.0. The Morgan fingerprint density at radius 1 is 1.21 bits per heavy atom. The Kier molecular flexibility index (Phi) is 5.69. The first-order valence-electron chi connectivity index (χ1n) is 10.6. The average molecular weight is 409 g/mol. The molecule has 0 bridgehead atoms. The average Bonchev–Trinajstić information content (AvgIpc) is 3.19. The van der Waals surface area contributed by atoms with Gasteiger partial charge < -0.3 is 10.6 Å². The Hall–Kier alpha value is -2.26. The maximum absolute atomic E-state index is 12.3. The molecule has 3 atom stereocenters. The molecule has 1 amide bonds. The van der Waals surface area contributed by atoms with E-state index in [4.69, 9.17) is 11.6 Å². The van der Waals surface area contributed by atoms with Crippen LogP contribution in [0.1, 0.15) is 74.6 Å². The number of fused-ring (bicyclic) bond motifs is 3. The van der Waals surface area contributed by atoms with E-state index in [0.717, 1.165) is 29.8 Å². The lowest BCUT2D eigenvalue weighted by Gasteiger charge is -2.39. The number of nitrogens with one attached hydrogen (secondary N) is 2. The van der Waals surface area contributed by atoms with Crippen LogP contribution in [0.25, 0.3) is 0 Å². The molecular formula is C25H29ClN2O. The van der Waals surface area contributed by atoms with Crippen molar-refractivity contribution in [3.05, 3.63) is 70.3 Å². The van der Waals surface area contributed by atoms with Gasteiger partial charge in [-0.05, 0) is 47.9 Å². The normalized spacial score (nSPS) is 22.2. The third-order valence-corrected chi connectivity index (χ3v) is 6.50. The SMILES string of the molecule is CCCC(=O)Nc1ccc(Cl)c2c1C1C=CCC1C(c1ccc(C(C)C)cc1)N2. The largest absolute Gasteiger partial charge is 0.376 e. The van der Waals surface area contributed by atoms with Crippen LogP contribution in [0.2, 0.25) is 5.02 Å². The molecule has 3 unspecified atom stereocenters. The van der Waals surface area contributed by atoms with Gasteiger partial charge in [-0.25, -0.2) is 0 Å². The molecule has 29 heavy (non-hydrogen) atoms. The van der Waals surface area contributed by atoms with Gasteiger partial charge in [0, 0.05) is 23.6 Å². The summed E-state index contributed by atoms with van der Waals surface area (Å²) >= 11 is 6.62. The summed E-state index contributed by atoms with van der Waals surface area (Å²) in [5.41, 5.74) is 5.59. The van der Waals surface area contributed by atoms with Gasteiger partial charge in [-0.15, -0.1) is 0 Å². The molecule has 152 valence electrons. The fourth-order valence-electron chi connectivity index (χ4n) is 4.64. The van der Waals surface area contributed by atoms with Gasteiger partial charge in [0.15, 0.2) is 0 Å². The summed E-state index contributed by atoms with van der Waals surface area (Å²) in [6.07, 6.45) is 6.92. The molecule has 4 rings (SSSR count). The summed E-state index contributed by atoms with van der Waals surface area (Å²) in [7, 11) is 0. The molecule has 1 aliphatic heterocycles. The molecule has 4 heteroatoms. The summed E-state index contributed by atoms with van der Waals surface area (Å²) in [5, 5.41) is 7.54. The molecule has 0 saturated carbocycles. The number of anilines is 2. The fraction of sp³-hybridized carbons (Fsp3) is 0.400. The molecule has 2 aromatic rings. The maximum atomic E-state index is 12.3. The van der Waals surface area contributed by atoms with Gasteiger partial charge in [-0.1, -0.05) is 68.8 Å². The van der Waals surface area contributed by atoms with Crippen molar-refractivity contribution in [3.63, 3.8) is 0 Å². The Morgan fingerprint density at radius 3 is 2.66 bits per heavy atom. The van der Waals surface area contributed by atoms with Gasteiger partial charge in [0.25, 0.3) is 0 Å². The second kappa shape index (κ2) is 8.23. The summed E-state index contributed by atoms with van der Waals surface area (Å²) in [6.45, 7) is 6.45. The summed E-state index contributed by atoms with van der Waals surface area (Å²) in [5.74, 6) is 1.24. The van der Waals surface area contributed by atoms with E-state index in [9.17, 15) is 4.79 Å². The van der Waals surface area contributed by atoms with Gasteiger partial charge in [-0.3, -0.25) is 4.79 Å². The molecule has 0 radical (unpaired) electrons. The Bertz CT molecular complexity index is 933. The highest BCUT2D eigenvalue weighted by atomic mass is 35.5. The van der Waals surface area contributed by atoms with Crippen LogP contribution in [0.3, 0.4) is 0 Å². The molecular weight excluding hydrogens is 380 g/mol. The van der Waals surface area contributed by atoms with E-state index >= 15 is 0 Å². The highest BCUT2D eigenvalue weighted by molar-refractivity contribution is 6.33. The molecule has 0 spiro atoms. The van der Waals surface area contributed by atoms with Crippen LogP contribution < -0.4 is 10.6 Å². The van der Waals surface area contributed by atoms with Crippen LogP contribution in [0.5, 0.6) is 0 Å². The molecule has 1 aliphatic carbocycles. The Morgan fingerprint density at radius 2 is 1.97 bits per heavy atom. The van der Waals surface area contributed by atoms with Crippen molar-refractivity contribution in [2.75, 3.05) is 10.6 Å². The van der Waals surface area contributed by atoms with Gasteiger partial charge >= 0.3 is 0 Å². The van der Waals surface area contributed by atoms with Crippen LogP contribution in [0.15, 0.2) is 48.6 Å². The number of allylic oxidation sites excluding steroid dienone is 2. The number of halogens is 1. The minimum atomic E-state index is 0.0574. The summed E-state index contributed by atoms with van der Waals surface area (Å²) in [6, 6.07) is 13.0. The second-order valence-corrected chi connectivity index (χ2v) is 8.89. The van der Waals surface area contributed by atoms with E-state index in [-0.39, 0.29) is 17.9 Å². The number of hydrogen-bond acceptors (Lipinski definition) is 2. The van der Waals surface area contributed by atoms with Crippen molar-refractivity contribution in [1.29, 1.82) is 0 Å². The minimum absolute atomic E-state index is 0.0574. The van der Waals surface area contributed by atoms with Crippen LogP contribution in [-0.4, -0.2) is 5.91 Å². The van der Waals surface area contributed by atoms with Gasteiger partial charge in [-0.2, -0.15) is 0 Å². The lowest BCUT2D eigenvalue weighted by molar-refractivity contribution is -0.116. The zero-order valence-corrected chi connectivity index (χ0v) is 18.1. The highest BCUT2D eigenvalue weighted by Crippen LogP contribution is 2.53. The van der Waals surface area contributed by atoms with E-state index < -0.39 is 0 Å². The van der Waals surface area contributed by atoms with Crippen LogP contribution in [-0.2, 0) is 4.79 Å². The third-order valence-electron chi connectivity index (χ3n) is 6.18. The predicted molar refractivity (Wildman–Crippen MR) is 122 cm³/mol. The highest BCUT2D eigenvalue weighted by Gasteiger charge is 2.40. The van der Waals surface area contributed by atoms with Crippen molar-refractivity contribution in [2.45, 2.75) is 57.9 Å².